The summed E-state index contributed by atoms with van der Waals surface area (Å²) >= 11 is 12.4. The number of nitrogens with zero attached hydrogens (tertiary/aromatic N) is 2. The zero-order valence-corrected chi connectivity index (χ0v) is 14.4. The van der Waals surface area contributed by atoms with Crippen LogP contribution in [0.25, 0.3) is 0 Å². The maximum Gasteiger partial charge on any atom is 0.0845 e. The zero-order valence-electron chi connectivity index (χ0n) is 12.9. The Morgan fingerprint density at radius 2 is 1.95 bits per heavy atom. The highest BCUT2D eigenvalue weighted by molar-refractivity contribution is 6.43. The van der Waals surface area contributed by atoms with Gasteiger partial charge in [0.05, 0.1) is 21.4 Å². The smallest absolute Gasteiger partial charge is 0.0845 e. The molecule has 0 atom stereocenters. The maximum atomic E-state index is 6.29. The van der Waals surface area contributed by atoms with Crippen molar-refractivity contribution in [2.75, 3.05) is 17.3 Å². The fourth-order valence-electron chi connectivity index (χ4n) is 2.21. The second kappa shape index (κ2) is 7.03. The van der Waals surface area contributed by atoms with E-state index < -0.39 is 0 Å². The van der Waals surface area contributed by atoms with Gasteiger partial charge in [0.1, 0.15) is 0 Å². The number of hydrogen-bond acceptors (Lipinski definition) is 3. The monoisotopic (exact) mass is 335 g/mol. The number of hydrazone groups is 1. The lowest BCUT2D eigenvalue weighted by atomic mass is 10.1. The number of benzene rings is 2. The number of hydrogen-bond donors (Lipinski definition) is 1. The minimum atomic E-state index is 0.500. The first-order valence-electron chi connectivity index (χ1n) is 7.07. The van der Waals surface area contributed by atoms with Crippen molar-refractivity contribution < 1.29 is 0 Å². The van der Waals surface area contributed by atoms with Crippen LogP contribution in [0.5, 0.6) is 0 Å². The molecule has 22 heavy (non-hydrogen) atoms. The predicted octanol–water partition coefficient (Wildman–Crippen LogP) is 5.13. The minimum Gasteiger partial charge on any atom is -0.398 e. The van der Waals surface area contributed by atoms with E-state index in [2.05, 4.69) is 5.10 Å². The molecule has 2 rings (SSSR count). The topological polar surface area (TPSA) is 41.6 Å². The third-order valence-corrected chi connectivity index (χ3v) is 4.19. The molecule has 0 aliphatic carbocycles. The van der Waals surface area contributed by atoms with Gasteiger partial charge in [-0.1, -0.05) is 40.9 Å². The second-order valence-electron chi connectivity index (χ2n) is 5.06. The van der Waals surface area contributed by atoms with Crippen LogP contribution in [-0.4, -0.2) is 12.3 Å². The molecule has 2 N–H and O–H groups in total. The Kier molecular flexibility index (Phi) is 5.33. The van der Waals surface area contributed by atoms with Gasteiger partial charge >= 0.3 is 0 Å². The first kappa shape index (κ1) is 16.7. The van der Waals surface area contributed by atoms with Gasteiger partial charge < -0.3 is 5.73 Å². The van der Waals surface area contributed by atoms with Crippen LogP contribution < -0.4 is 10.7 Å². The Bertz CT molecular complexity index is 711. The maximum absolute atomic E-state index is 6.29. The van der Waals surface area contributed by atoms with Crippen LogP contribution in [0.15, 0.2) is 41.5 Å². The van der Waals surface area contributed by atoms with E-state index in [1.807, 2.05) is 56.1 Å². The Morgan fingerprint density at radius 3 is 2.64 bits per heavy atom. The van der Waals surface area contributed by atoms with E-state index in [0.29, 0.717) is 22.3 Å². The fourth-order valence-corrected chi connectivity index (χ4v) is 2.60. The molecule has 0 aliphatic rings. The average molecular weight is 336 g/mol. The molecule has 0 spiro atoms. The molecule has 0 bridgehead atoms. The number of aryl methyl sites for hydroxylation is 1. The highest BCUT2D eigenvalue weighted by Gasteiger charge is 2.12. The van der Waals surface area contributed by atoms with Gasteiger partial charge in [0, 0.05) is 17.8 Å². The normalized spacial score (nSPS) is 11.6. The summed E-state index contributed by atoms with van der Waals surface area (Å²) in [4.78, 5) is 0. The first-order chi connectivity index (χ1) is 10.4. The van der Waals surface area contributed by atoms with Crippen LogP contribution in [0.3, 0.4) is 0 Å². The van der Waals surface area contributed by atoms with Crippen molar-refractivity contribution in [2.24, 2.45) is 5.10 Å². The standard InChI is InChI=1S/C17H19Cl2N3/c1-4-22(16-7-5-6-14(18)17(16)19)21-12(3)13-10-11(2)8-9-15(13)20/h5-10H,4,20H2,1-3H3/b21-12+. The minimum absolute atomic E-state index is 0.500. The second-order valence-corrected chi connectivity index (χ2v) is 5.85. The van der Waals surface area contributed by atoms with Gasteiger partial charge in [-0.05, 0) is 45.0 Å². The van der Waals surface area contributed by atoms with Gasteiger partial charge in [0.25, 0.3) is 0 Å². The summed E-state index contributed by atoms with van der Waals surface area (Å²) in [5, 5.41) is 7.51. The van der Waals surface area contributed by atoms with Gasteiger partial charge in [0.15, 0.2) is 0 Å². The van der Waals surface area contributed by atoms with Crippen molar-refractivity contribution in [3.05, 3.63) is 57.6 Å². The Morgan fingerprint density at radius 1 is 1.23 bits per heavy atom. The largest absolute Gasteiger partial charge is 0.398 e. The number of nitrogens with two attached hydrogens (primary N) is 1. The molecule has 5 heteroatoms. The van der Waals surface area contributed by atoms with E-state index in [9.17, 15) is 0 Å². The Balaban J connectivity index is 2.44. The molecule has 3 nitrogen and oxygen atoms in total. The van der Waals surface area contributed by atoms with Gasteiger partial charge in [0.2, 0.25) is 0 Å². The molecule has 0 aromatic heterocycles. The molecule has 0 fully saturated rings. The number of rotatable bonds is 4. The SMILES string of the molecule is CCN(/N=C(\C)c1cc(C)ccc1N)c1cccc(Cl)c1Cl. The molecular formula is C17H19Cl2N3. The predicted molar refractivity (Wildman–Crippen MR) is 97.3 cm³/mol. The van der Waals surface area contributed by atoms with Crippen molar-refractivity contribution in [1.82, 2.24) is 0 Å². The fraction of sp³-hybridized carbons (Fsp3) is 0.235. The molecule has 0 aliphatic heterocycles. The molecule has 0 radical (unpaired) electrons. The lowest BCUT2D eigenvalue weighted by molar-refractivity contribution is 0.892. The summed E-state index contributed by atoms with van der Waals surface area (Å²) in [6, 6.07) is 11.4. The highest BCUT2D eigenvalue weighted by atomic mass is 35.5. The molecule has 0 saturated carbocycles. The summed E-state index contributed by atoms with van der Waals surface area (Å²) in [5.41, 5.74) is 10.4. The van der Waals surface area contributed by atoms with Crippen LogP contribution in [0.2, 0.25) is 10.0 Å². The van der Waals surface area contributed by atoms with Crippen LogP contribution in [-0.2, 0) is 0 Å². The van der Waals surface area contributed by atoms with E-state index in [1.165, 1.54) is 0 Å². The zero-order chi connectivity index (χ0) is 16.3. The molecule has 0 amide bonds. The summed E-state index contributed by atoms with van der Waals surface area (Å²) < 4.78 is 0. The summed E-state index contributed by atoms with van der Waals surface area (Å²) in [5.74, 6) is 0. The number of nitrogen functional groups attached to an aromatic ring is 1. The van der Waals surface area contributed by atoms with Crippen LogP contribution in [0.4, 0.5) is 11.4 Å². The van der Waals surface area contributed by atoms with Crippen LogP contribution in [0, 0.1) is 6.92 Å². The highest BCUT2D eigenvalue weighted by Crippen LogP contribution is 2.32. The van der Waals surface area contributed by atoms with E-state index in [-0.39, 0.29) is 0 Å². The Labute approximate surface area is 141 Å². The molecular weight excluding hydrogens is 317 g/mol. The first-order valence-corrected chi connectivity index (χ1v) is 7.83. The number of anilines is 2. The lowest BCUT2D eigenvalue weighted by Gasteiger charge is -2.20. The molecule has 0 saturated heterocycles. The molecule has 2 aromatic carbocycles. The van der Waals surface area contributed by atoms with Crippen molar-refractivity contribution in [2.45, 2.75) is 20.8 Å². The summed E-state index contributed by atoms with van der Waals surface area (Å²) in [6.07, 6.45) is 0. The van der Waals surface area contributed by atoms with Crippen molar-refractivity contribution in [3.63, 3.8) is 0 Å². The van der Waals surface area contributed by atoms with E-state index >= 15 is 0 Å². The van der Waals surface area contributed by atoms with Gasteiger partial charge in [-0.3, -0.25) is 5.01 Å². The van der Waals surface area contributed by atoms with E-state index in [1.54, 1.807) is 6.07 Å². The lowest BCUT2D eigenvalue weighted by Crippen LogP contribution is -2.18. The molecule has 2 aromatic rings. The van der Waals surface area contributed by atoms with Crippen molar-refractivity contribution in [3.8, 4) is 0 Å². The third kappa shape index (κ3) is 3.54. The molecule has 0 heterocycles. The van der Waals surface area contributed by atoms with Crippen LogP contribution in [0.1, 0.15) is 25.0 Å². The average Bonchev–Trinajstić information content (AvgIpc) is 2.50. The molecule has 0 unspecified atom stereocenters. The van der Waals surface area contributed by atoms with Crippen molar-refractivity contribution in [1.29, 1.82) is 0 Å². The summed E-state index contributed by atoms with van der Waals surface area (Å²) in [6.45, 7) is 6.64. The van der Waals surface area contributed by atoms with Gasteiger partial charge in [-0.2, -0.15) is 5.10 Å². The van der Waals surface area contributed by atoms with Crippen molar-refractivity contribution >= 4 is 40.3 Å². The van der Waals surface area contributed by atoms with Crippen LogP contribution >= 0.6 is 23.2 Å². The Hall–Kier alpha value is -1.71. The van der Waals surface area contributed by atoms with Gasteiger partial charge in [-0.25, -0.2) is 0 Å². The molecule has 116 valence electrons. The quantitative estimate of drug-likeness (QED) is 0.477. The summed E-state index contributed by atoms with van der Waals surface area (Å²) in [7, 11) is 0. The number of halogens is 2. The van der Waals surface area contributed by atoms with E-state index in [4.69, 9.17) is 28.9 Å². The van der Waals surface area contributed by atoms with E-state index in [0.717, 1.165) is 22.5 Å². The third-order valence-electron chi connectivity index (χ3n) is 3.38. The van der Waals surface area contributed by atoms with Gasteiger partial charge in [-0.15, -0.1) is 0 Å².